The Morgan fingerprint density at radius 3 is 2.64 bits per heavy atom. The van der Waals surface area contributed by atoms with Crippen LogP contribution in [0.25, 0.3) is 0 Å². The lowest BCUT2D eigenvalue weighted by Crippen LogP contribution is -2.19. The lowest BCUT2D eigenvalue weighted by atomic mass is 10.2. The van der Waals surface area contributed by atoms with Crippen LogP contribution in [0, 0.1) is 11.6 Å². The van der Waals surface area contributed by atoms with E-state index in [9.17, 15) is 13.6 Å². The molecule has 0 bridgehead atoms. The number of carbonyl (C=O) groups is 1. The molecule has 1 heterocycles. The highest BCUT2D eigenvalue weighted by molar-refractivity contribution is 8.15. The number of nitrogens with zero attached hydrogens (tertiary/aromatic N) is 2. The molecule has 0 aromatic heterocycles. The molecule has 1 fully saturated rings. The van der Waals surface area contributed by atoms with Crippen LogP contribution in [0.3, 0.4) is 0 Å². The van der Waals surface area contributed by atoms with Crippen LogP contribution < -0.4 is 10.1 Å². The van der Waals surface area contributed by atoms with Crippen molar-refractivity contribution in [1.82, 2.24) is 5.32 Å². The number of benzene rings is 2. The quantitative estimate of drug-likeness (QED) is 0.658. The van der Waals surface area contributed by atoms with Gasteiger partial charge in [0.1, 0.15) is 12.4 Å². The molecule has 1 aliphatic rings. The van der Waals surface area contributed by atoms with Gasteiger partial charge in [0.05, 0.1) is 12.0 Å². The molecule has 0 aliphatic carbocycles. The third-order valence-electron chi connectivity index (χ3n) is 3.21. The van der Waals surface area contributed by atoms with Gasteiger partial charge in [0.25, 0.3) is 0 Å². The molecule has 3 rings (SSSR count). The average Bonchev–Trinajstić information content (AvgIpc) is 3.02. The maximum atomic E-state index is 13.1. The molecule has 0 spiro atoms. The van der Waals surface area contributed by atoms with E-state index in [4.69, 9.17) is 4.74 Å². The predicted molar refractivity (Wildman–Crippen MR) is 92.8 cm³/mol. The molecule has 0 unspecified atom stereocenters. The smallest absolute Gasteiger partial charge is 0.236 e. The molecule has 1 amide bonds. The van der Waals surface area contributed by atoms with E-state index in [1.165, 1.54) is 17.8 Å². The van der Waals surface area contributed by atoms with E-state index in [-0.39, 0.29) is 12.5 Å². The van der Waals surface area contributed by atoms with Crippen molar-refractivity contribution in [3.8, 4) is 5.75 Å². The zero-order valence-corrected chi connectivity index (χ0v) is 13.7. The number of thioether (sulfide) groups is 1. The summed E-state index contributed by atoms with van der Waals surface area (Å²) in [6, 6.07) is 10.7. The Morgan fingerprint density at radius 2 is 1.96 bits per heavy atom. The minimum absolute atomic E-state index is 0.0820. The highest BCUT2D eigenvalue weighted by atomic mass is 32.2. The van der Waals surface area contributed by atoms with Crippen LogP contribution in [0.15, 0.2) is 52.7 Å². The van der Waals surface area contributed by atoms with Gasteiger partial charge in [0.2, 0.25) is 5.91 Å². The van der Waals surface area contributed by atoms with Crippen LogP contribution >= 0.6 is 11.8 Å². The fourth-order valence-corrected chi connectivity index (χ4v) is 2.60. The van der Waals surface area contributed by atoms with Crippen LogP contribution in [-0.4, -0.2) is 23.0 Å². The minimum Gasteiger partial charge on any atom is -0.489 e. The molecule has 1 aliphatic heterocycles. The third kappa shape index (κ3) is 4.87. The molecule has 5 nitrogen and oxygen atoms in total. The van der Waals surface area contributed by atoms with Gasteiger partial charge in [-0.3, -0.25) is 4.79 Å². The predicted octanol–water partition coefficient (Wildman–Crippen LogP) is 3.10. The Kier molecular flexibility index (Phi) is 5.39. The summed E-state index contributed by atoms with van der Waals surface area (Å²) in [5.74, 6) is -0.913. The van der Waals surface area contributed by atoms with Crippen molar-refractivity contribution >= 4 is 29.1 Å². The van der Waals surface area contributed by atoms with E-state index in [0.29, 0.717) is 22.2 Å². The summed E-state index contributed by atoms with van der Waals surface area (Å²) in [6.45, 7) is 0.134. The monoisotopic (exact) mass is 361 g/mol. The Bertz CT molecular complexity index is 838. The van der Waals surface area contributed by atoms with Gasteiger partial charge in [-0.05, 0) is 47.5 Å². The van der Waals surface area contributed by atoms with Gasteiger partial charge in [-0.1, -0.05) is 17.8 Å². The highest BCUT2D eigenvalue weighted by Crippen LogP contribution is 2.15. The van der Waals surface area contributed by atoms with Gasteiger partial charge in [0, 0.05) is 0 Å². The fraction of sp³-hybridized carbons (Fsp3) is 0.118. The molecule has 1 saturated heterocycles. The van der Waals surface area contributed by atoms with Crippen LogP contribution in [0.1, 0.15) is 11.1 Å². The second-order valence-electron chi connectivity index (χ2n) is 5.09. The van der Waals surface area contributed by atoms with E-state index >= 15 is 0 Å². The molecule has 8 heteroatoms. The van der Waals surface area contributed by atoms with Crippen molar-refractivity contribution in [2.24, 2.45) is 10.2 Å². The van der Waals surface area contributed by atoms with Gasteiger partial charge in [-0.25, -0.2) is 8.78 Å². The van der Waals surface area contributed by atoms with E-state index in [1.54, 1.807) is 30.5 Å². The Hall–Kier alpha value is -2.74. The molecular formula is C17H13F2N3O2S. The van der Waals surface area contributed by atoms with Crippen molar-refractivity contribution < 1.29 is 18.3 Å². The topological polar surface area (TPSA) is 63.0 Å². The van der Waals surface area contributed by atoms with Crippen molar-refractivity contribution in [2.75, 3.05) is 5.75 Å². The number of carbonyl (C=O) groups excluding carboxylic acids is 1. The standard InChI is InChI=1S/C17H13F2N3O2S/c18-14-6-3-12(7-15(14)19)9-24-13-4-1-11(2-5-13)8-20-22-17-21-16(23)10-25-17/h1-8H,9-10H2,(H,21,22,23). The van der Waals surface area contributed by atoms with Gasteiger partial charge < -0.3 is 10.1 Å². The summed E-state index contributed by atoms with van der Waals surface area (Å²) in [7, 11) is 0. The molecule has 0 saturated carbocycles. The average molecular weight is 361 g/mol. The molecule has 1 N–H and O–H groups in total. The lowest BCUT2D eigenvalue weighted by molar-refractivity contribution is -0.116. The number of rotatable bonds is 5. The van der Waals surface area contributed by atoms with Crippen molar-refractivity contribution in [2.45, 2.75) is 6.61 Å². The SMILES string of the molecule is O=C1CSC(=NN=Cc2ccc(OCc3ccc(F)c(F)c3)cc2)N1. The third-order valence-corrected chi connectivity index (χ3v) is 4.07. The second-order valence-corrected chi connectivity index (χ2v) is 6.06. The highest BCUT2D eigenvalue weighted by Gasteiger charge is 2.15. The number of hydrogen-bond donors (Lipinski definition) is 1. The Morgan fingerprint density at radius 1 is 1.16 bits per heavy atom. The number of amides is 1. The van der Waals surface area contributed by atoms with Gasteiger partial charge in [0.15, 0.2) is 16.8 Å². The number of hydrogen-bond acceptors (Lipinski definition) is 5. The van der Waals surface area contributed by atoms with Gasteiger partial charge in [-0.15, -0.1) is 5.10 Å². The van der Waals surface area contributed by atoms with Crippen molar-refractivity contribution in [3.05, 3.63) is 65.2 Å². The summed E-state index contributed by atoms with van der Waals surface area (Å²) in [4.78, 5) is 11.0. The summed E-state index contributed by atoms with van der Waals surface area (Å²) >= 11 is 1.30. The number of ether oxygens (including phenoxy) is 1. The molecule has 0 radical (unpaired) electrons. The Labute approximate surface area is 146 Å². The number of nitrogens with one attached hydrogen (secondary N) is 1. The molecule has 128 valence electrons. The normalized spacial score (nSPS) is 15.8. The summed E-state index contributed by atoms with van der Waals surface area (Å²) in [5.41, 5.74) is 1.34. The summed E-state index contributed by atoms with van der Waals surface area (Å²) < 4.78 is 31.5. The second kappa shape index (κ2) is 7.89. The zero-order chi connectivity index (χ0) is 17.6. The van der Waals surface area contributed by atoms with Crippen LogP contribution in [-0.2, 0) is 11.4 Å². The van der Waals surface area contributed by atoms with E-state index in [1.807, 2.05) is 0 Å². The minimum atomic E-state index is -0.897. The number of amidine groups is 1. The summed E-state index contributed by atoms with van der Waals surface area (Å²) in [5, 5.41) is 10.9. The van der Waals surface area contributed by atoms with Gasteiger partial charge in [-0.2, -0.15) is 5.10 Å². The first-order valence-electron chi connectivity index (χ1n) is 7.30. The molecule has 2 aromatic rings. The van der Waals surface area contributed by atoms with Crippen LogP contribution in [0.2, 0.25) is 0 Å². The lowest BCUT2D eigenvalue weighted by Gasteiger charge is -2.06. The van der Waals surface area contributed by atoms with E-state index in [0.717, 1.165) is 17.7 Å². The molecule has 25 heavy (non-hydrogen) atoms. The zero-order valence-electron chi connectivity index (χ0n) is 12.9. The van der Waals surface area contributed by atoms with E-state index in [2.05, 4.69) is 15.5 Å². The maximum Gasteiger partial charge on any atom is 0.236 e. The molecular weight excluding hydrogens is 348 g/mol. The first-order valence-corrected chi connectivity index (χ1v) is 8.29. The van der Waals surface area contributed by atoms with E-state index < -0.39 is 11.6 Å². The first kappa shape index (κ1) is 17.1. The first-order chi connectivity index (χ1) is 12.1. The fourth-order valence-electron chi connectivity index (χ4n) is 1.97. The largest absolute Gasteiger partial charge is 0.489 e. The van der Waals surface area contributed by atoms with Crippen molar-refractivity contribution in [3.63, 3.8) is 0 Å². The van der Waals surface area contributed by atoms with Gasteiger partial charge >= 0.3 is 0 Å². The summed E-state index contributed by atoms with van der Waals surface area (Å²) in [6.07, 6.45) is 1.55. The van der Waals surface area contributed by atoms with Crippen molar-refractivity contribution in [1.29, 1.82) is 0 Å². The molecule has 2 aromatic carbocycles. The van der Waals surface area contributed by atoms with Crippen LogP contribution in [0.4, 0.5) is 8.78 Å². The maximum absolute atomic E-state index is 13.1. The Balaban J connectivity index is 1.55. The van der Waals surface area contributed by atoms with Crippen LogP contribution in [0.5, 0.6) is 5.75 Å². The number of halogens is 2. The molecule has 0 atom stereocenters.